The van der Waals surface area contributed by atoms with Gasteiger partial charge in [-0.15, -0.1) is 0 Å². The summed E-state index contributed by atoms with van der Waals surface area (Å²) in [5.41, 5.74) is -0.0339. The number of allylic oxidation sites excluding steroid dienone is 2. The van der Waals surface area contributed by atoms with Gasteiger partial charge in [0.05, 0.1) is 6.42 Å². The van der Waals surface area contributed by atoms with E-state index in [1.807, 2.05) is 12.2 Å². The summed E-state index contributed by atoms with van der Waals surface area (Å²) in [5, 5.41) is 0. The standard InChI is InChI=1S/C47H87NO6/c1-9-11-13-15-17-25-31-37-52-43(49)35-29-23-19-21-27-33-42(54-45(51)39-46(3,4)40-47(5,6)41-48(7)8)34-28-22-20-24-30-36-44(50)53-38-32-26-18-16-14-12-10-2/h25-26,31-32,42H,9-24,27-30,33-41H2,1-8H3/b31-25+,32-26+. The van der Waals surface area contributed by atoms with Crippen LogP contribution in [0.2, 0.25) is 0 Å². The van der Waals surface area contributed by atoms with E-state index in [-0.39, 0.29) is 34.8 Å². The van der Waals surface area contributed by atoms with Gasteiger partial charge in [-0.1, -0.05) is 143 Å². The van der Waals surface area contributed by atoms with Gasteiger partial charge < -0.3 is 19.1 Å². The zero-order chi connectivity index (χ0) is 40.3. The van der Waals surface area contributed by atoms with Gasteiger partial charge in [-0.05, 0) is 95.6 Å². The van der Waals surface area contributed by atoms with Crippen LogP contribution in [0.5, 0.6) is 0 Å². The van der Waals surface area contributed by atoms with Gasteiger partial charge in [0.25, 0.3) is 0 Å². The lowest BCUT2D eigenvalue weighted by Gasteiger charge is -2.36. The fourth-order valence-corrected chi connectivity index (χ4v) is 7.67. The molecule has 0 fully saturated rings. The number of unbranched alkanes of at least 4 members (excludes halogenated alkanes) is 16. The summed E-state index contributed by atoms with van der Waals surface area (Å²) in [6.45, 7) is 15.1. The van der Waals surface area contributed by atoms with Gasteiger partial charge in [0.15, 0.2) is 0 Å². The third kappa shape index (κ3) is 35.5. The maximum absolute atomic E-state index is 13.3. The second-order valence-corrected chi connectivity index (χ2v) is 17.7. The first-order valence-electron chi connectivity index (χ1n) is 22.3. The van der Waals surface area contributed by atoms with E-state index in [4.69, 9.17) is 14.2 Å². The molecule has 0 atom stereocenters. The lowest BCUT2D eigenvalue weighted by Crippen LogP contribution is -2.34. The van der Waals surface area contributed by atoms with Crippen molar-refractivity contribution in [3.05, 3.63) is 24.3 Å². The van der Waals surface area contributed by atoms with Crippen molar-refractivity contribution in [3.8, 4) is 0 Å². The van der Waals surface area contributed by atoms with Crippen LogP contribution in [0.15, 0.2) is 24.3 Å². The number of ether oxygens (including phenoxy) is 3. The van der Waals surface area contributed by atoms with E-state index >= 15 is 0 Å². The van der Waals surface area contributed by atoms with Crippen molar-refractivity contribution in [2.24, 2.45) is 10.8 Å². The first kappa shape index (κ1) is 51.9. The van der Waals surface area contributed by atoms with Crippen LogP contribution in [0.3, 0.4) is 0 Å². The van der Waals surface area contributed by atoms with Crippen LogP contribution in [0.1, 0.15) is 208 Å². The fraction of sp³-hybridized carbons (Fsp3) is 0.851. The van der Waals surface area contributed by atoms with E-state index in [1.165, 1.54) is 51.4 Å². The fourth-order valence-electron chi connectivity index (χ4n) is 7.67. The summed E-state index contributed by atoms with van der Waals surface area (Å²) in [4.78, 5) is 39.7. The molecule has 0 aliphatic heterocycles. The third-order valence-corrected chi connectivity index (χ3v) is 9.90. The van der Waals surface area contributed by atoms with Crippen LogP contribution in [-0.2, 0) is 28.6 Å². The van der Waals surface area contributed by atoms with Gasteiger partial charge in [0, 0.05) is 19.4 Å². The van der Waals surface area contributed by atoms with Crippen molar-refractivity contribution in [1.82, 2.24) is 4.90 Å². The Morgan fingerprint density at radius 1 is 0.537 bits per heavy atom. The molecule has 0 saturated carbocycles. The largest absolute Gasteiger partial charge is 0.462 e. The van der Waals surface area contributed by atoms with Crippen LogP contribution >= 0.6 is 0 Å². The van der Waals surface area contributed by atoms with E-state index in [2.05, 4.69) is 72.7 Å². The molecule has 316 valence electrons. The Balaban J connectivity index is 4.57. The molecule has 0 rings (SSSR count). The van der Waals surface area contributed by atoms with Gasteiger partial charge in [-0.2, -0.15) is 0 Å². The van der Waals surface area contributed by atoms with E-state index in [0.717, 1.165) is 103 Å². The number of nitrogens with zero attached hydrogens (tertiary/aromatic N) is 1. The van der Waals surface area contributed by atoms with E-state index in [9.17, 15) is 14.4 Å². The van der Waals surface area contributed by atoms with Crippen LogP contribution in [-0.4, -0.2) is 62.8 Å². The Labute approximate surface area is 334 Å². The third-order valence-electron chi connectivity index (χ3n) is 9.90. The molecule has 0 heterocycles. The Hall–Kier alpha value is -2.15. The molecule has 0 aromatic heterocycles. The molecule has 0 aromatic rings. The predicted octanol–water partition coefficient (Wildman–Crippen LogP) is 12.9. The summed E-state index contributed by atoms with van der Waals surface area (Å²) in [6, 6.07) is 0. The minimum Gasteiger partial charge on any atom is -0.462 e. The molecule has 0 aromatic carbocycles. The summed E-state index contributed by atoms with van der Waals surface area (Å²) >= 11 is 0. The average Bonchev–Trinajstić information content (AvgIpc) is 3.08. The highest BCUT2D eigenvalue weighted by Gasteiger charge is 2.32. The topological polar surface area (TPSA) is 82.1 Å². The highest BCUT2D eigenvalue weighted by molar-refractivity contribution is 5.70. The maximum Gasteiger partial charge on any atom is 0.306 e. The van der Waals surface area contributed by atoms with Crippen molar-refractivity contribution in [3.63, 3.8) is 0 Å². The number of hydrogen-bond acceptors (Lipinski definition) is 7. The molecule has 54 heavy (non-hydrogen) atoms. The molecule has 0 N–H and O–H groups in total. The lowest BCUT2D eigenvalue weighted by atomic mass is 9.73. The highest BCUT2D eigenvalue weighted by Crippen LogP contribution is 2.37. The van der Waals surface area contributed by atoms with Crippen molar-refractivity contribution in [2.75, 3.05) is 33.9 Å². The smallest absolute Gasteiger partial charge is 0.306 e. The molecule has 0 aliphatic rings. The zero-order valence-electron chi connectivity index (χ0n) is 36.8. The van der Waals surface area contributed by atoms with Crippen molar-refractivity contribution >= 4 is 17.9 Å². The quantitative estimate of drug-likeness (QED) is 0.0270. The predicted molar refractivity (Wildman–Crippen MR) is 228 cm³/mol. The minimum absolute atomic E-state index is 0.0626. The van der Waals surface area contributed by atoms with Crippen molar-refractivity contribution in [1.29, 1.82) is 0 Å². The monoisotopic (exact) mass is 762 g/mol. The lowest BCUT2D eigenvalue weighted by molar-refractivity contribution is -0.152. The second-order valence-electron chi connectivity index (χ2n) is 17.7. The molecule has 0 unspecified atom stereocenters. The molecular weight excluding hydrogens is 675 g/mol. The number of carbonyl (C=O) groups excluding carboxylic acids is 3. The molecule has 0 saturated heterocycles. The molecule has 0 radical (unpaired) electrons. The Bertz CT molecular complexity index is 933. The zero-order valence-corrected chi connectivity index (χ0v) is 36.8. The van der Waals surface area contributed by atoms with Crippen LogP contribution in [0, 0.1) is 10.8 Å². The average molecular weight is 762 g/mol. The van der Waals surface area contributed by atoms with E-state index in [0.29, 0.717) is 32.5 Å². The number of carbonyl (C=O) groups is 3. The Kier molecular flexibility index (Phi) is 32.8. The molecular formula is C47H87NO6. The second kappa shape index (κ2) is 34.1. The molecule has 7 heteroatoms. The summed E-state index contributed by atoms with van der Waals surface area (Å²) in [5.74, 6) is -0.302. The van der Waals surface area contributed by atoms with Gasteiger partial charge in [-0.25, -0.2) is 0 Å². The summed E-state index contributed by atoms with van der Waals surface area (Å²) in [6.07, 6.45) is 34.3. The normalized spacial score (nSPS) is 12.4. The van der Waals surface area contributed by atoms with Crippen molar-refractivity contribution < 1.29 is 28.6 Å². The highest BCUT2D eigenvalue weighted by atomic mass is 16.5. The maximum atomic E-state index is 13.3. The van der Waals surface area contributed by atoms with E-state index < -0.39 is 0 Å². The minimum atomic E-state index is -0.140. The summed E-state index contributed by atoms with van der Waals surface area (Å²) in [7, 11) is 4.20. The Morgan fingerprint density at radius 2 is 0.963 bits per heavy atom. The molecule has 0 bridgehead atoms. The van der Waals surface area contributed by atoms with Gasteiger partial charge in [0.2, 0.25) is 0 Å². The van der Waals surface area contributed by atoms with Gasteiger partial charge in [0.1, 0.15) is 19.3 Å². The first-order valence-corrected chi connectivity index (χ1v) is 22.3. The van der Waals surface area contributed by atoms with Crippen LogP contribution in [0.25, 0.3) is 0 Å². The van der Waals surface area contributed by atoms with Crippen LogP contribution in [0.4, 0.5) is 0 Å². The van der Waals surface area contributed by atoms with Gasteiger partial charge in [-0.3, -0.25) is 14.4 Å². The van der Waals surface area contributed by atoms with E-state index in [1.54, 1.807) is 0 Å². The summed E-state index contributed by atoms with van der Waals surface area (Å²) < 4.78 is 16.9. The number of rotatable bonds is 37. The number of esters is 3. The van der Waals surface area contributed by atoms with Crippen molar-refractivity contribution in [2.45, 2.75) is 215 Å². The van der Waals surface area contributed by atoms with Crippen LogP contribution < -0.4 is 0 Å². The molecule has 0 amide bonds. The first-order chi connectivity index (χ1) is 25.8. The molecule has 0 spiro atoms. The number of hydrogen-bond donors (Lipinski definition) is 0. The molecule has 7 nitrogen and oxygen atoms in total. The Morgan fingerprint density at radius 3 is 1.41 bits per heavy atom. The molecule has 0 aliphatic carbocycles. The SMILES string of the molecule is CCCCCC/C=C/COC(=O)CCCCCCCC(CCCCCCCC(=O)OC/C=C/CCCCCC)OC(=O)CC(C)(C)CC(C)(C)CN(C)C. The van der Waals surface area contributed by atoms with Gasteiger partial charge >= 0.3 is 17.9 Å².